The third kappa shape index (κ3) is 4.17. The van der Waals surface area contributed by atoms with Crippen molar-refractivity contribution in [2.75, 3.05) is 13.1 Å². The Morgan fingerprint density at radius 3 is 2.64 bits per heavy atom. The number of nitrogens with zero attached hydrogens (tertiary/aromatic N) is 2. The van der Waals surface area contributed by atoms with Gasteiger partial charge < -0.3 is 19.5 Å². The molecule has 1 saturated heterocycles. The Kier molecular flexibility index (Phi) is 5.02. The van der Waals surface area contributed by atoms with Crippen LogP contribution < -0.4 is 5.32 Å². The third-order valence-corrected chi connectivity index (χ3v) is 4.28. The lowest BCUT2D eigenvalue weighted by atomic mass is 10.1. The lowest BCUT2D eigenvalue weighted by Gasteiger charge is -2.39. The Hall–Kier alpha value is -2.83. The number of hydrogen-bond donors (Lipinski definition) is 1. The molecular weight excluding hydrogens is 322 g/mol. The summed E-state index contributed by atoms with van der Waals surface area (Å²) < 4.78 is 10.2. The van der Waals surface area contributed by atoms with Crippen molar-refractivity contribution < 1.29 is 18.8 Å². The molecule has 0 bridgehead atoms. The van der Waals surface area contributed by atoms with Crippen LogP contribution in [0.2, 0.25) is 0 Å². The highest BCUT2D eigenvalue weighted by Crippen LogP contribution is 2.16. The summed E-state index contributed by atoms with van der Waals surface area (Å²) in [5, 5.41) is 6.62. The first-order valence-electron chi connectivity index (χ1n) is 8.19. The highest BCUT2D eigenvalue weighted by atomic mass is 16.5. The summed E-state index contributed by atoms with van der Waals surface area (Å²) in [5.74, 6) is 0.677. The molecule has 3 rings (SSSR count). The second-order valence-electron chi connectivity index (χ2n) is 6.18. The highest BCUT2D eigenvalue weighted by Gasteiger charge is 2.32. The number of likely N-dealkylation sites (tertiary alicyclic amines) is 1. The van der Waals surface area contributed by atoms with E-state index in [-0.39, 0.29) is 25.0 Å². The van der Waals surface area contributed by atoms with Crippen LogP contribution >= 0.6 is 0 Å². The number of nitrogens with one attached hydrogen (secondary N) is 1. The molecule has 0 radical (unpaired) electrons. The van der Waals surface area contributed by atoms with Gasteiger partial charge in [0, 0.05) is 18.7 Å². The predicted octanol–water partition coefficient (Wildman–Crippen LogP) is 1.97. The lowest BCUT2D eigenvalue weighted by molar-refractivity contribution is -0.135. The number of aryl methyl sites for hydroxylation is 2. The largest absolute Gasteiger partial charge is 0.445 e. The summed E-state index contributed by atoms with van der Waals surface area (Å²) in [5.41, 5.74) is 2.51. The molecule has 0 spiro atoms. The van der Waals surface area contributed by atoms with Crippen molar-refractivity contribution in [3.8, 4) is 0 Å². The molecular formula is C18H21N3O4. The van der Waals surface area contributed by atoms with Crippen LogP contribution in [0.5, 0.6) is 0 Å². The van der Waals surface area contributed by atoms with Crippen molar-refractivity contribution in [2.24, 2.45) is 0 Å². The Labute approximate surface area is 145 Å². The molecule has 1 aliphatic rings. The Bertz CT molecular complexity index is 731. The lowest BCUT2D eigenvalue weighted by Crippen LogP contribution is -2.61. The number of hydrogen-bond acceptors (Lipinski definition) is 5. The first kappa shape index (κ1) is 17.0. The second kappa shape index (κ2) is 7.38. The summed E-state index contributed by atoms with van der Waals surface area (Å²) in [4.78, 5) is 25.7. The minimum atomic E-state index is -0.466. The zero-order valence-electron chi connectivity index (χ0n) is 14.3. The monoisotopic (exact) mass is 343 g/mol. The van der Waals surface area contributed by atoms with Crippen molar-refractivity contribution in [3.63, 3.8) is 0 Å². The van der Waals surface area contributed by atoms with Gasteiger partial charge in [0.2, 0.25) is 5.91 Å². The summed E-state index contributed by atoms with van der Waals surface area (Å²) in [6.45, 7) is 4.83. The molecule has 0 saturated carbocycles. The van der Waals surface area contributed by atoms with Crippen LogP contribution in [-0.4, -0.2) is 41.2 Å². The van der Waals surface area contributed by atoms with Gasteiger partial charge in [0.25, 0.3) is 0 Å². The molecule has 0 atom stereocenters. The van der Waals surface area contributed by atoms with Gasteiger partial charge in [-0.2, -0.15) is 0 Å². The van der Waals surface area contributed by atoms with Gasteiger partial charge in [0.05, 0.1) is 18.2 Å². The number of carbonyl (C=O) groups excluding carboxylic acids is 2. The molecule has 132 valence electrons. The maximum atomic E-state index is 12.3. The van der Waals surface area contributed by atoms with Crippen molar-refractivity contribution in [3.05, 3.63) is 52.9 Å². The van der Waals surface area contributed by atoms with Crippen LogP contribution in [0.25, 0.3) is 0 Å². The van der Waals surface area contributed by atoms with E-state index in [1.165, 1.54) is 0 Å². The van der Waals surface area contributed by atoms with Gasteiger partial charge in [0.1, 0.15) is 12.4 Å². The number of alkyl carbamates (subject to hydrolysis) is 1. The summed E-state index contributed by atoms with van der Waals surface area (Å²) in [6.07, 6.45) is -0.196. The van der Waals surface area contributed by atoms with Crippen molar-refractivity contribution in [2.45, 2.75) is 32.9 Å². The highest BCUT2D eigenvalue weighted by molar-refractivity contribution is 5.80. The maximum absolute atomic E-state index is 12.3. The number of benzene rings is 1. The number of ether oxygens (including phenoxy) is 1. The molecule has 7 heteroatoms. The number of aromatic nitrogens is 1. The Morgan fingerprint density at radius 2 is 2.00 bits per heavy atom. The molecule has 1 N–H and O–H groups in total. The van der Waals surface area contributed by atoms with E-state index in [0.29, 0.717) is 18.8 Å². The molecule has 1 aromatic carbocycles. The molecule has 1 fully saturated rings. The van der Waals surface area contributed by atoms with Crippen LogP contribution in [0.15, 0.2) is 34.9 Å². The fourth-order valence-corrected chi connectivity index (χ4v) is 2.72. The zero-order valence-corrected chi connectivity index (χ0v) is 14.3. The van der Waals surface area contributed by atoms with Crippen LogP contribution in [0, 0.1) is 13.8 Å². The van der Waals surface area contributed by atoms with E-state index in [2.05, 4.69) is 10.5 Å². The SMILES string of the molecule is Cc1noc(C)c1CC(=O)N1CC(NC(=O)OCc2ccccc2)C1. The quantitative estimate of drug-likeness (QED) is 0.897. The van der Waals surface area contributed by atoms with Gasteiger partial charge in [-0.15, -0.1) is 0 Å². The Morgan fingerprint density at radius 1 is 1.28 bits per heavy atom. The topological polar surface area (TPSA) is 84.7 Å². The smallest absolute Gasteiger partial charge is 0.407 e. The van der Waals surface area contributed by atoms with Gasteiger partial charge in [-0.3, -0.25) is 4.79 Å². The van der Waals surface area contributed by atoms with Gasteiger partial charge >= 0.3 is 6.09 Å². The van der Waals surface area contributed by atoms with Crippen molar-refractivity contribution >= 4 is 12.0 Å². The van der Waals surface area contributed by atoms with Gasteiger partial charge in [-0.05, 0) is 19.4 Å². The van der Waals surface area contributed by atoms with E-state index in [4.69, 9.17) is 9.26 Å². The first-order valence-corrected chi connectivity index (χ1v) is 8.19. The average Bonchev–Trinajstić information content (AvgIpc) is 2.88. The predicted molar refractivity (Wildman–Crippen MR) is 89.8 cm³/mol. The van der Waals surface area contributed by atoms with Crippen LogP contribution in [-0.2, 0) is 22.6 Å². The van der Waals surface area contributed by atoms with E-state index < -0.39 is 6.09 Å². The molecule has 0 aliphatic carbocycles. The van der Waals surface area contributed by atoms with E-state index in [1.54, 1.807) is 11.8 Å². The first-order chi connectivity index (χ1) is 12.0. The second-order valence-corrected chi connectivity index (χ2v) is 6.18. The number of amides is 2. The van der Waals surface area contributed by atoms with E-state index in [0.717, 1.165) is 16.8 Å². The summed E-state index contributed by atoms with van der Waals surface area (Å²) in [7, 11) is 0. The molecule has 0 unspecified atom stereocenters. The van der Waals surface area contributed by atoms with E-state index in [1.807, 2.05) is 37.3 Å². The molecule has 25 heavy (non-hydrogen) atoms. The average molecular weight is 343 g/mol. The fourth-order valence-electron chi connectivity index (χ4n) is 2.72. The molecule has 2 heterocycles. The molecule has 1 aliphatic heterocycles. The van der Waals surface area contributed by atoms with Crippen molar-refractivity contribution in [1.29, 1.82) is 0 Å². The summed E-state index contributed by atoms with van der Waals surface area (Å²) >= 11 is 0. The van der Waals surface area contributed by atoms with Gasteiger partial charge in [-0.25, -0.2) is 4.79 Å². The third-order valence-electron chi connectivity index (χ3n) is 4.28. The zero-order chi connectivity index (χ0) is 17.8. The normalized spacial score (nSPS) is 14.1. The molecule has 2 amide bonds. The van der Waals surface area contributed by atoms with Gasteiger partial charge in [0.15, 0.2) is 0 Å². The van der Waals surface area contributed by atoms with Crippen LogP contribution in [0.3, 0.4) is 0 Å². The standard InChI is InChI=1S/C18H21N3O4/c1-12-16(13(2)25-20-12)8-17(22)21-9-15(10-21)19-18(23)24-11-14-6-4-3-5-7-14/h3-7,15H,8-11H2,1-2H3,(H,19,23). The van der Waals surface area contributed by atoms with Crippen LogP contribution in [0.1, 0.15) is 22.6 Å². The number of rotatable bonds is 5. The van der Waals surface area contributed by atoms with E-state index >= 15 is 0 Å². The molecule has 2 aromatic rings. The van der Waals surface area contributed by atoms with Crippen molar-refractivity contribution in [1.82, 2.24) is 15.4 Å². The molecule has 1 aromatic heterocycles. The fraction of sp³-hybridized carbons (Fsp3) is 0.389. The maximum Gasteiger partial charge on any atom is 0.407 e. The molecule has 7 nitrogen and oxygen atoms in total. The minimum absolute atomic E-state index is 0.00472. The van der Waals surface area contributed by atoms with Gasteiger partial charge in [-0.1, -0.05) is 35.5 Å². The minimum Gasteiger partial charge on any atom is -0.445 e. The van der Waals surface area contributed by atoms with E-state index in [9.17, 15) is 9.59 Å². The summed E-state index contributed by atoms with van der Waals surface area (Å²) in [6, 6.07) is 9.41. The number of carbonyl (C=O) groups is 2. The van der Waals surface area contributed by atoms with Crippen LogP contribution in [0.4, 0.5) is 4.79 Å². The Balaban J connectivity index is 1.39.